The molecule has 5 heteroatoms. The summed E-state index contributed by atoms with van der Waals surface area (Å²) in [6.45, 7) is 5.53. The minimum absolute atomic E-state index is 0. The van der Waals surface area contributed by atoms with Gasteiger partial charge in [0.05, 0.1) is 0 Å². The van der Waals surface area contributed by atoms with Gasteiger partial charge in [0.1, 0.15) is 5.82 Å². The van der Waals surface area contributed by atoms with Gasteiger partial charge in [0.15, 0.2) is 0 Å². The first kappa shape index (κ1) is 16.7. The van der Waals surface area contributed by atoms with Gasteiger partial charge in [-0.05, 0) is 37.6 Å². The lowest BCUT2D eigenvalue weighted by Gasteiger charge is -2.35. The molecule has 2 rings (SSSR count). The number of hydrogen-bond acceptors (Lipinski definition) is 2. The van der Waals surface area contributed by atoms with Crippen LogP contribution in [0.5, 0.6) is 0 Å². The van der Waals surface area contributed by atoms with Crippen molar-refractivity contribution in [2.45, 2.75) is 25.9 Å². The number of hydrogen-bond donors (Lipinski definition) is 1. The molecule has 20 heavy (non-hydrogen) atoms. The summed E-state index contributed by atoms with van der Waals surface area (Å²) in [6.07, 6.45) is 3.17. The van der Waals surface area contributed by atoms with Crippen LogP contribution in [-0.2, 0) is 4.79 Å². The van der Waals surface area contributed by atoms with Crippen molar-refractivity contribution < 1.29 is 9.18 Å². The summed E-state index contributed by atoms with van der Waals surface area (Å²) < 4.78 is 13.0. The van der Waals surface area contributed by atoms with Crippen molar-refractivity contribution in [1.82, 2.24) is 10.2 Å². The van der Waals surface area contributed by atoms with Crippen LogP contribution in [0, 0.1) is 5.82 Å². The van der Waals surface area contributed by atoms with Gasteiger partial charge in [0.2, 0.25) is 5.91 Å². The molecule has 2 unspecified atom stereocenters. The van der Waals surface area contributed by atoms with Crippen LogP contribution in [0.4, 0.5) is 4.39 Å². The van der Waals surface area contributed by atoms with Crippen LogP contribution in [0.1, 0.15) is 19.4 Å². The topological polar surface area (TPSA) is 32.3 Å². The highest BCUT2D eigenvalue weighted by Crippen LogP contribution is 2.08. The fraction of sp³-hybridized carbons (Fsp3) is 0.400. The molecule has 2 atom stereocenters. The molecule has 1 heterocycles. The lowest BCUT2D eigenvalue weighted by Crippen LogP contribution is -2.55. The van der Waals surface area contributed by atoms with E-state index in [2.05, 4.69) is 19.2 Å². The van der Waals surface area contributed by atoms with Gasteiger partial charge in [-0.3, -0.25) is 4.79 Å². The molecule has 1 aliphatic rings. The number of nitrogens with zero attached hydrogens (tertiary/aromatic N) is 1. The molecule has 0 aromatic heterocycles. The highest BCUT2D eigenvalue weighted by Gasteiger charge is 2.23. The molecule has 1 aromatic rings. The van der Waals surface area contributed by atoms with Crippen LogP contribution in [-0.4, -0.2) is 36.0 Å². The molecule has 0 saturated carbocycles. The fourth-order valence-corrected chi connectivity index (χ4v) is 2.39. The van der Waals surface area contributed by atoms with E-state index in [1.54, 1.807) is 18.2 Å². The van der Waals surface area contributed by atoms with E-state index in [4.69, 9.17) is 0 Å². The number of piperazine rings is 1. The third-order valence-electron chi connectivity index (χ3n) is 3.14. The van der Waals surface area contributed by atoms with E-state index in [1.807, 2.05) is 4.90 Å². The van der Waals surface area contributed by atoms with Crippen LogP contribution < -0.4 is 5.32 Å². The van der Waals surface area contributed by atoms with Crippen LogP contribution in [0.2, 0.25) is 0 Å². The van der Waals surface area contributed by atoms with E-state index in [0.29, 0.717) is 30.7 Å². The second kappa shape index (κ2) is 7.41. The Balaban J connectivity index is 0.00000200. The van der Waals surface area contributed by atoms with Crippen molar-refractivity contribution in [3.8, 4) is 0 Å². The van der Waals surface area contributed by atoms with Crippen LogP contribution in [0.25, 0.3) is 6.08 Å². The summed E-state index contributed by atoms with van der Waals surface area (Å²) in [5.74, 6) is -0.316. The monoisotopic (exact) mass is 298 g/mol. The van der Waals surface area contributed by atoms with Gasteiger partial charge in [-0.1, -0.05) is 12.1 Å². The Hall–Kier alpha value is -1.39. The van der Waals surface area contributed by atoms with Crippen molar-refractivity contribution in [2.75, 3.05) is 13.1 Å². The van der Waals surface area contributed by atoms with Gasteiger partial charge < -0.3 is 10.2 Å². The molecule has 1 aromatic carbocycles. The number of halogens is 2. The van der Waals surface area contributed by atoms with Gasteiger partial charge in [-0.25, -0.2) is 4.39 Å². The molecular formula is C15H20ClFN2O. The first-order valence-corrected chi connectivity index (χ1v) is 6.53. The molecule has 110 valence electrons. The Morgan fingerprint density at radius 2 is 2.00 bits per heavy atom. The molecule has 1 N–H and O–H groups in total. The summed E-state index contributed by atoms with van der Waals surface area (Å²) >= 11 is 0. The molecule has 1 saturated heterocycles. The normalized spacial score (nSPS) is 22.6. The zero-order chi connectivity index (χ0) is 13.8. The molecule has 1 aliphatic heterocycles. The molecule has 1 fully saturated rings. The summed E-state index contributed by atoms with van der Waals surface area (Å²) in [7, 11) is 0. The van der Waals surface area contributed by atoms with Gasteiger partial charge >= 0.3 is 0 Å². The first-order chi connectivity index (χ1) is 9.04. The summed E-state index contributed by atoms with van der Waals surface area (Å²) in [5, 5.41) is 3.38. The lowest BCUT2D eigenvalue weighted by atomic mass is 10.1. The van der Waals surface area contributed by atoms with Crippen molar-refractivity contribution in [3.05, 3.63) is 41.7 Å². The highest BCUT2D eigenvalue weighted by atomic mass is 35.5. The second-order valence-electron chi connectivity index (χ2n) is 5.10. The predicted octanol–water partition coefficient (Wildman–Crippen LogP) is 2.47. The van der Waals surface area contributed by atoms with Crippen LogP contribution in [0.15, 0.2) is 30.3 Å². The third-order valence-corrected chi connectivity index (χ3v) is 3.14. The largest absolute Gasteiger partial charge is 0.336 e. The van der Waals surface area contributed by atoms with E-state index in [9.17, 15) is 9.18 Å². The quantitative estimate of drug-likeness (QED) is 0.851. The summed E-state index contributed by atoms with van der Waals surface area (Å²) in [4.78, 5) is 13.9. The molecular weight excluding hydrogens is 279 g/mol. The van der Waals surface area contributed by atoms with E-state index in [1.165, 1.54) is 18.2 Å². The maximum atomic E-state index is 13.0. The van der Waals surface area contributed by atoms with Crippen molar-refractivity contribution in [3.63, 3.8) is 0 Å². The first-order valence-electron chi connectivity index (χ1n) is 6.53. The molecule has 0 aliphatic carbocycles. The Kier molecular flexibility index (Phi) is 6.17. The number of nitrogens with one attached hydrogen (secondary N) is 1. The van der Waals surface area contributed by atoms with Crippen molar-refractivity contribution >= 4 is 24.4 Å². The standard InChI is InChI=1S/C15H19FN2O.ClH/c1-11-9-18(10-12(2)17-11)15(19)7-6-13-4-3-5-14(16)8-13;/h3-8,11-12,17H,9-10H2,1-2H3;1H. The Bertz CT molecular complexity index is 483. The third kappa shape index (κ3) is 4.62. The lowest BCUT2D eigenvalue weighted by molar-refractivity contribution is -0.127. The van der Waals surface area contributed by atoms with Crippen molar-refractivity contribution in [1.29, 1.82) is 0 Å². The molecule has 3 nitrogen and oxygen atoms in total. The van der Waals surface area contributed by atoms with Crippen molar-refractivity contribution in [2.24, 2.45) is 0 Å². The molecule has 1 amide bonds. The maximum Gasteiger partial charge on any atom is 0.246 e. The van der Waals surface area contributed by atoms with Gasteiger partial charge in [0, 0.05) is 31.2 Å². The average Bonchev–Trinajstić information content (AvgIpc) is 2.35. The zero-order valence-corrected chi connectivity index (χ0v) is 12.5. The van der Waals surface area contributed by atoms with E-state index in [-0.39, 0.29) is 24.1 Å². The molecule has 0 bridgehead atoms. The van der Waals surface area contributed by atoms with Crippen LogP contribution >= 0.6 is 12.4 Å². The maximum absolute atomic E-state index is 13.0. The molecule has 0 radical (unpaired) electrons. The van der Waals surface area contributed by atoms with E-state index >= 15 is 0 Å². The van der Waals surface area contributed by atoms with Gasteiger partial charge in [0.25, 0.3) is 0 Å². The number of benzene rings is 1. The number of amides is 1. The Morgan fingerprint density at radius 3 is 2.60 bits per heavy atom. The number of carbonyl (C=O) groups is 1. The average molecular weight is 299 g/mol. The van der Waals surface area contributed by atoms with Gasteiger partial charge in [-0.2, -0.15) is 0 Å². The SMILES string of the molecule is CC1CN(C(=O)C=Cc2cccc(F)c2)CC(C)N1.Cl. The minimum atomic E-state index is -0.293. The van der Waals surface area contributed by atoms with E-state index < -0.39 is 0 Å². The number of rotatable bonds is 2. The Labute approximate surface area is 125 Å². The van der Waals surface area contributed by atoms with Crippen LogP contribution in [0.3, 0.4) is 0 Å². The smallest absolute Gasteiger partial charge is 0.246 e. The second-order valence-corrected chi connectivity index (χ2v) is 5.10. The Morgan fingerprint density at radius 1 is 1.35 bits per heavy atom. The van der Waals surface area contributed by atoms with E-state index in [0.717, 1.165) is 0 Å². The molecule has 0 spiro atoms. The highest BCUT2D eigenvalue weighted by molar-refractivity contribution is 5.91. The van der Waals surface area contributed by atoms with Gasteiger partial charge in [-0.15, -0.1) is 12.4 Å². The predicted molar refractivity (Wildman–Crippen MR) is 81.3 cm³/mol. The summed E-state index contributed by atoms with van der Waals surface area (Å²) in [5.41, 5.74) is 0.699. The summed E-state index contributed by atoms with van der Waals surface area (Å²) in [6, 6.07) is 6.81. The number of carbonyl (C=O) groups excluding carboxylic acids is 1. The zero-order valence-electron chi connectivity index (χ0n) is 11.7. The minimum Gasteiger partial charge on any atom is -0.336 e. The fourth-order valence-electron chi connectivity index (χ4n) is 2.39.